The maximum atomic E-state index is 12.2. The van der Waals surface area contributed by atoms with E-state index in [4.69, 9.17) is 5.26 Å². The van der Waals surface area contributed by atoms with Crippen LogP contribution in [0.4, 0.5) is 17.2 Å². The Hall–Kier alpha value is -3.47. The van der Waals surface area contributed by atoms with E-state index in [9.17, 15) is 14.9 Å². The standard InChI is InChI=1S/C19H21N5O3/c1-19(2,3)16-10-13(11-17(23-16)21-12-20)8-9-18(25)22-14-6-4-5-7-15(14)24(26)27/h4-7,10-11H,8-9H2,1-3H3,(H,21,23)(H,22,25). The monoisotopic (exact) mass is 367 g/mol. The van der Waals surface area contributed by atoms with Gasteiger partial charge in [0, 0.05) is 23.6 Å². The van der Waals surface area contributed by atoms with Crippen molar-refractivity contribution in [3.63, 3.8) is 0 Å². The number of nitrogens with one attached hydrogen (secondary N) is 2. The molecule has 0 aliphatic carbocycles. The van der Waals surface area contributed by atoms with Crippen LogP contribution < -0.4 is 10.6 Å². The second-order valence-corrected chi connectivity index (χ2v) is 7.06. The number of aryl methyl sites for hydroxylation is 1. The first-order valence-electron chi connectivity index (χ1n) is 8.40. The van der Waals surface area contributed by atoms with Gasteiger partial charge in [0.25, 0.3) is 5.69 Å². The van der Waals surface area contributed by atoms with Crippen LogP contribution in [-0.4, -0.2) is 15.8 Å². The van der Waals surface area contributed by atoms with Crippen molar-refractivity contribution in [1.82, 2.24) is 4.98 Å². The van der Waals surface area contributed by atoms with E-state index in [-0.39, 0.29) is 29.1 Å². The van der Waals surface area contributed by atoms with Crippen molar-refractivity contribution < 1.29 is 9.72 Å². The van der Waals surface area contributed by atoms with Gasteiger partial charge in [-0.05, 0) is 30.2 Å². The third-order valence-corrected chi connectivity index (χ3v) is 3.85. The van der Waals surface area contributed by atoms with Crippen LogP contribution in [0.25, 0.3) is 0 Å². The zero-order valence-corrected chi connectivity index (χ0v) is 15.4. The van der Waals surface area contributed by atoms with Crippen molar-refractivity contribution >= 4 is 23.1 Å². The fourth-order valence-corrected chi connectivity index (χ4v) is 2.45. The molecule has 1 amide bonds. The summed E-state index contributed by atoms with van der Waals surface area (Å²) in [7, 11) is 0. The fourth-order valence-electron chi connectivity index (χ4n) is 2.45. The van der Waals surface area contributed by atoms with Crippen molar-refractivity contribution in [2.75, 3.05) is 10.6 Å². The van der Waals surface area contributed by atoms with Crippen LogP contribution in [0.2, 0.25) is 0 Å². The molecule has 0 unspecified atom stereocenters. The molecule has 0 fully saturated rings. The molecule has 0 aliphatic heterocycles. The molecule has 0 aliphatic rings. The van der Waals surface area contributed by atoms with E-state index in [1.54, 1.807) is 18.2 Å². The Morgan fingerprint density at radius 3 is 2.63 bits per heavy atom. The van der Waals surface area contributed by atoms with Crippen LogP contribution in [0, 0.1) is 21.6 Å². The molecule has 0 bridgehead atoms. The number of amides is 1. The van der Waals surface area contributed by atoms with Crippen LogP contribution in [0.1, 0.15) is 38.4 Å². The molecule has 0 atom stereocenters. The molecule has 27 heavy (non-hydrogen) atoms. The van der Waals surface area contributed by atoms with E-state index in [0.717, 1.165) is 11.3 Å². The number of carbonyl (C=O) groups excluding carboxylic acids is 1. The van der Waals surface area contributed by atoms with Gasteiger partial charge in [-0.1, -0.05) is 32.9 Å². The van der Waals surface area contributed by atoms with Crippen LogP contribution in [0.15, 0.2) is 36.4 Å². The third kappa shape index (κ3) is 5.51. The minimum absolute atomic E-state index is 0.144. The number of anilines is 2. The Bertz CT molecular complexity index is 897. The molecule has 1 aromatic carbocycles. The molecule has 2 rings (SSSR count). The van der Waals surface area contributed by atoms with Crippen LogP contribution in [-0.2, 0) is 16.6 Å². The highest BCUT2D eigenvalue weighted by atomic mass is 16.6. The molecule has 8 heteroatoms. The van der Waals surface area contributed by atoms with Crippen molar-refractivity contribution in [3.8, 4) is 6.19 Å². The van der Waals surface area contributed by atoms with Gasteiger partial charge in [0.05, 0.1) is 4.92 Å². The van der Waals surface area contributed by atoms with E-state index >= 15 is 0 Å². The molecule has 0 saturated heterocycles. The Morgan fingerprint density at radius 2 is 2.00 bits per heavy atom. The molecule has 0 spiro atoms. The predicted octanol–water partition coefficient (Wildman–Crippen LogP) is 3.75. The summed E-state index contributed by atoms with van der Waals surface area (Å²) in [6, 6.07) is 9.63. The lowest BCUT2D eigenvalue weighted by Gasteiger charge is -2.19. The zero-order valence-electron chi connectivity index (χ0n) is 15.4. The molecular weight excluding hydrogens is 346 g/mol. The second kappa shape index (κ2) is 8.27. The van der Waals surface area contributed by atoms with Gasteiger partial charge >= 0.3 is 0 Å². The molecule has 1 aromatic heterocycles. The summed E-state index contributed by atoms with van der Waals surface area (Å²) in [6.07, 6.45) is 2.41. The number of nitriles is 1. The van der Waals surface area contributed by atoms with Gasteiger partial charge in [0.1, 0.15) is 11.5 Å². The van der Waals surface area contributed by atoms with Gasteiger partial charge in [0.2, 0.25) is 5.91 Å². The van der Waals surface area contributed by atoms with E-state index in [0.29, 0.717) is 12.2 Å². The fraction of sp³-hybridized carbons (Fsp3) is 0.316. The minimum Gasteiger partial charge on any atom is -0.320 e. The first-order chi connectivity index (χ1) is 12.7. The minimum atomic E-state index is -0.534. The lowest BCUT2D eigenvalue weighted by Crippen LogP contribution is -2.16. The van der Waals surface area contributed by atoms with E-state index in [2.05, 4.69) is 15.6 Å². The van der Waals surface area contributed by atoms with Crippen molar-refractivity contribution in [2.24, 2.45) is 0 Å². The summed E-state index contributed by atoms with van der Waals surface area (Å²) >= 11 is 0. The highest BCUT2D eigenvalue weighted by Crippen LogP contribution is 2.25. The van der Waals surface area contributed by atoms with Crippen LogP contribution in [0.3, 0.4) is 0 Å². The van der Waals surface area contributed by atoms with E-state index < -0.39 is 4.92 Å². The summed E-state index contributed by atoms with van der Waals surface area (Å²) in [5.41, 5.74) is 1.46. The maximum Gasteiger partial charge on any atom is 0.292 e. The molecule has 2 N–H and O–H groups in total. The van der Waals surface area contributed by atoms with Gasteiger partial charge in [-0.2, -0.15) is 5.26 Å². The van der Waals surface area contributed by atoms with Crippen LogP contribution in [0.5, 0.6) is 0 Å². The molecular formula is C19H21N5O3. The number of hydrogen-bond acceptors (Lipinski definition) is 6. The number of nitrogens with zero attached hydrogens (tertiary/aromatic N) is 3. The summed E-state index contributed by atoms with van der Waals surface area (Å²) < 4.78 is 0. The smallest absolute Gasteiger partial charge is 0.292 e. The highest BCUT2D eigenvalue weighted by molar-refractivity contribution is 5.93. The number of aromatic nitrogens is 1. The number of benzene rings is 1. The van der Waals surface area contributed by atoms with Crippen molar-refractivity contribution in [1.29, 1.82) is 5.26 Å². The first-order valence-corrected chi connectivity index (χ1v) is 8.40. The number of carbonyl (C=O) groups is 1. The predicted molar refractivity (Wildman–Crippen MR) is 102 cm³/mol. The number of rotatable bonds is 6. The van der Waals surface area contributed by atoms with Gasteiger partial charge in [-0.25, -0.2) is 4.98 Å². The quantitative estimate of drug-likeness (QED) is 0.347. The van der Waals surface area contributed by atoms with Gasteiger partial charge < -0.3 is 5.32 Å². The van der Waals surface area contributed by atoms with E-state index in [1.807, 2.05) is 33.0 Å². The average Bonchev–Trinajstić information content (AvgIpc) is 2.59. The number of para-hydroxylation sites is 2. The molecule has 1 heterocycles. The summed E-state index contributed by atoms with van der Waals surface area (Å²) in [5, 5.41) is 25.0. The lowest BCUT2D eigenvalue weighted by molar-refractivity contribution is -0.383. The number of nitro benzene ring substituents is 1. The largest absolute Gasteiger partial charge is 0.320 e. The van der Waals surface area contributed by atoms with Gasteiger partial charge in [-0.3, -0.25) is 20.2 Å². The Labute approximate surface area is 157 Å². The van der Waals surface area contributed by atoms with Crippen molar-refractivity contribution in [2.45, 2.75) is 39.0 Å². The second-order valence-electron chi connectivity index (χ2n) is 7.06. The maximum absolute atomic E-state index is 12.2. The van der Waals surface area contributed by atoms with Crippen LogP contribution >= 0.6 is 0 Å². The Kier molecular flexibility index (Phi) is 6.08. The topological polar surface area (TPSA) is 121 Å². The normalized spacial score (nSPS) is 10.7. The molecule has 0 radical (unpaired) electrons. The SMILES string of the molecule is CC(C)(C)c1cc(CCC(=O)Nc2ccccc2[N+](=O)[O-])cc(NC#N)n1. The van der Waals surface area contributed by atoms with Gasteiger partial charge in [-0.15, -0.1) is 0 Å². The average molecular weight is 367 g/mol. The first kappa shape index (κ1) is 19.8. The zero-order chi connectivity index (χ0) is 20.0. The molecule has 8 nitrogen and oxygen atoms in total. The molecule has 0 saturated carbocycles. The number of hydrogen-bond donors (Lipinski definition) is 2. The van der Waals surface area contributed by atoms with Crippen molar-refractivity contribution in [3.05, 3.63) is 57.8 Å². The number of pyridine rings is 1. The summed E-state index contributed by atoms with van der Waals surface area (Å²) in [6.45, 7) is 6.03. The molecule has 140 valence electrons. The number of nitro groups is 1. The summed E-state index contributed by atoms with van der Waals surface area (Å²) in [4.78, 5) is 27.1. The third-order valence-electron chi connectivity index (χ3n) is 3.85. The van der Waals surface area contributed by atoms with Gasteiger partial charge in [0.15, 0.2) is 6.19 Å². The Morgan fingerprint density at radius 1 is 1.30 bits per heavy atom. The Balaban J connectivity index is 2.12. The van der Waals surface area contributed by atoms with E-state index in [1.165, 1.54) is 12.1 Å². The highest BCUT2D eigenvalue weighted by Gasteiger charge is 2.18. The lowest BCUT2D eigenvalue weighted by atomic mass is 9.90. The summed E-state index contributed by atoms with van der Waals surface area (Å²) in [5.74, 6) is 0.104. The molecule has 2 aromatic rings.